The van der Waals surface area contributed by atoms with Crippen LogP contribution in [0, 0.1) is 0 Å². The number of rotatable bonds is 3. The Kier molecular flexibility index (Phi) is 4.82. The van der Waals surface area contributed by atoms with Gasteiger partial charge in [-0.1, -0.05) is 0 Å². The first-order valence-electron chi connectivity index (χ1n) is 8.80. The largest absolute Gasteiger partial charge is 0.375 e. The molecule has 0 aliphatic carbocycles. The van der Waals surface area contributed by atoms with E-state index >= 15 is 0 Å². The van der Waals surface area contributed by atoms with Crippen molar-refractivity contribution < 1.29 is 9.53 Å². The minimum absolute atomic E-state index is 0.00476. The van der Waals surface area contributed by atoms with E-state index in [0.29, 0.717) is 24.7 Å². The zero-order valence-electron chi connectivity index (χ0n) is 14.1. The van der Waals surface area contributed by atoms with Crippen molar-refractivity contribution in [2.75, 3.05) is 39.3 Å². The highest BCUT2D eigenvalue weighted by molar-refractivity contribution is 7.15. The van der Waals surface area contributed by atoms with Gasteiger partial charge >= 0.3 is 0 Å². The summed E-state index contributed by atoms with van der Waals surface area (Å²) in [4.78, 5) is 34.5. The summed E-state index contributed by atoms with van der Waals surface area (Å²) >= 11 is 1.38. The van der Waals surface area contributed by atoms with E-state index in [-0.39, 0.29) is 23.1 Å². The van der Waals surface area contributed by atoms with Gasteiger partial charge in [-0.25, -0.2) is 4.98 Å². The third kappa shape index (κ3) is 3.47. The van der Waals surface area contributed by atoms with Crippen LogP contribution < -0.4 is 5.56 Å². The van der Waals surface area contributed by atoms with Crippen molar-refractivity contribution in [1.29, 1.82) is 0 Å². The van der Waals surface area contributed by atoms with E-state index in [1.165, 1.54) is 34.8 Å². The van der Waals surface area contributed by atoms with Gasteiger partial charge in [0.25, 0.3) is 11.5 Å². The highest BCUT2D eigenvalue weighted by atomic mass is 32.1. The van der Waals surface area contributed by atoms with Crippen LogP contribution in [-0.2, 0) is 4.74 Å². The Morgan fingerprint density at radius 3 is 2.96 bits per heavy atom. The maximum atomic E-state index is 12.9. The maximum Gasteiger partial charge on any atom is 0.271 e. The van der Waals surface area contributed by atoms with Crippen molar-refractivity contribution in [3.05, 3.63) is 33.7 Å². The topological polar surface area (TPSA) is 67.2 Å². The number of carbonyl (C=O) groups excluding carboxylic acids is 1. The standard InChI is InChI=1S/C17H22N4O3S/c22-15(14-10-18-17-21(16(14)23)7-9-25-17)20-6-3-8-24-13(12-20)11-19-4-1-2-5-19/h7,9-10,13H,1-6,8,11-12H2/t13-/m1/s1. The van der Waals surface area contributed by atoms with Gasteiger partial charge in [-0.15, -0.1) is 11.3 Å². The Morgan fingerprint density at radius 1 is 1.28 bits per heavy atom. The molecule has 4 heterocycles. The number of amides is 1. The fourth-order valence-electron chi connectivity index (χ4n) is 3.58. The Hall–Kier alpha value is -1.77. The van der Waals surface area contributed by atoms with Crippen LogP contribution in [0.2, 0.25) is 0 Å². The van der Waals surface area contributed by atoms with E-state index in [9.17, 15) is 9.59 Å². The summed E-state index contributed by atoms with van der Waals surface area (Å²) < 4.78 is 7.37. The smallest absolute Gasteiger partial charge is 0.271 e. The van der Waals surface area contributed by atoms with E-state index in [1.54, 1.807) is 16.5 Å². The molecule has 0 radical (unpaired) electrons. The Balaban J connectivity index is 1.52. The van der Waals surface area contributed by atoms with Crippen molar-refractivity contribution in [1.82, 2.24) is 19.2 Å². The first-order chi connectivity index (χ1) is 12.2. The fourth-order valence-corrected chi connectivity index (χ4v) is 4.26. The molecule has 2 fully saturated rings. The molecule has 0 spiro atoms. The van der Waals surface area contributed by atoms with Gasteiger partial charge in [-0.2, -0.15) is 0 Å². The fraction of sp³-hybridized carbons (Fsp3) is 0.588. The van der Waals surface area contributed by atoms with Crippen molar-refractivity contribution in [2.45, 2.75) is 25.4 Å². The Bertz CT molecular complexity index is 812. The molecule has 2 aliphatic rings. The molecule has 0 unspecified atom stereocenters. The number of ether oxygens (including phenoxy) is 1. The number of aromatic nitrogens is 2. The van der Waals surface area contributed by atoms with Crippen molar-refractivity contribution in [3.8, 4) is 0 Å². The number of carbonyl (C=O) groups is 1. The van der Waals surface area contributed by atoms with Gasteiger partial charge in [0.1, 0.15) is 5.56 Å². The van der Waals surface area contributed by atoms with Crippen molar-refractivity contribution in [2.24, 2.45) is 0 Å². The molecule has 0 aromatic carbocycles. The third-order valence-electron chi connectivity index (χ3n) is 4.87. The van der Waals surface area contributed by atoms with Crippen LogP contribution in [0.4, 0.5) is 0 Å². The second kappa shape index (κ2) is 7.23. The predicted octanol–water partition coefficient (Wildman–Crippen LogP) is 1.08. The van der Waals surface area contributed by atoms with Crippen molar-refractivity contribution in [3.63, 3.8) is 0 Å². The normalized spacial score (nSPS) is 22.4. The number of thiazole rings is 1. The van der Waals surface area contributed by atoms with Crippen LogP contribution in [0.25, 0.3) is 4.96 Å². The summed E-state index contributed by atoms with van der Waals surface area (Å²) in [6, 6.07) is 0. The molecule has 4 rings (SSSR count). The molecule has 2 saturated heterocycles. The minimum atomic E-state index is -0.294. The van der Waals surface area contributed by atoms with Gasteiger partial charge in [0.15, 0.2) is 4.96 Å². The van der Waals surface area contributed by atoms with E-state index in [1.807, 2.05) is 0 Å². The minimum Gasteiger partial charge on any atom is -0.375 e. The molecular formula is C17H22N4O3S. The van der Waals surface area contributed by atoms with E-state index in [2.05, 4.69) is 9.88 Å². The first-order valence-corrected chi connectivity index (χ1v) is 9.68. The van der Waals surface area contributed by atoms with Gasteiger partial charge in [0, 0.05) is 44.0 Å². The van der Waals surface area contributed by atoms with E-state index in [0.717, 1.165) is 26.1 Å². The van der Waals surface area contributed by atoms with E-state index in [4.69, 9.17) is 4.74 Å². The Morgan fingerprint density at radius 2 is 2.12 bits per heavy atom. The molecule has 25 heavy (non-hydrogen) atoms. The predicted molar refractivity (Wildman–Crippen MR) is 95.3 cm³/mol. The average Bonchev–Trinajstić information content (AvgIpc) is 3.24. The van der Waals surface area contributed by atoms with Gasteiger partial charge in [-0.05, 0) is 32.4 Å². The van der Waals surface area contributed by atoms with Gasteiger partial charge in [0.05, 0.1) is 6.10 Å². The molecule has 0 N–H and O–H groups in total. The van der Waals surface area contributed by atoms with Crippen LogP contribution in [0.15, 0.2) is 22.6 Å². The second-order valence-corrected chi connectivity index (χ2v) is 7.51. The number of hydrogen-bond donors (Lipinski definition) is 0. The average molecular weight is 362 g/mol. The number of hydrogen-bond acceptors (Lipinski definition) is 6. The molecule has 1 atom stereocenters. The zero-order valence-corrected chi connectivity index (χ0v) is 14.9. The molecule has 2 aromatic rings. The molecule has 2 aliphatic heterocycles. The van der Waals surface area contributed by atoms with Gasteiger partial charge in [0.2, 0.25) is 0 Å². The van der Waals surface area contributed by atoms with Crippen LogP contribution in [-0.4, -0.2) is 70.5 Å². The lowest BCUT2D eigenvalue weighted by Crippen LogP contribution is -2.43. The van der Waals surface area contributed by atoms with Crippen LogP contribution >= 0.6 is 11.3 Å². The van der Waals surface area contributed by atoms with Crippen LogP contribution in [0.3, 0.4) is 0 Å². The maximum absolute atomic E-state index is 12.9. The van der Waals surface area contributed by atoms with Gasteiger partial charge in [-0.3, -0.25) is 14.0 Å². The summed E-state index contributed by atoms with van der Waals surface area (Å²) in [7, 11) is 0. The molecule has 7 nitrogen and oxygen atoms in total. The van der Waals surface area contributed by atoms with Crippen molar-refractivity contribution >= 4 is 22.2 Å². The van der Waals surface area contributed by atoms with Gasteiger partial charge < -0.3 is 14.5 Å². The summed E-state index contributed by atoms with van der Waals surface area (Å²) in [5.74, 6) is -0.241. The quantitative estimate of drug-likeness (QED) is 0.817. The highest BCUT2D eigenvalue weighted by Gasteiger charge is 2.27. The first kappa shape index (κ1) is 16.7. The molecular weight excluding hydrogens is 340 g/mol. The zero-order chi connectivity index (χ0) is 17.2. The molecule has 134 valence electrons. The lowest BCUT2D eigenvalue weighted by Gasteiger charge is -2.26. The Labute approximate surface area is 149 Å². The summed E-state index contributed by atoms with van der Waals surface area (Å²) in [6.07, 6.45) is 6.34. The summed E-state index contributed by atoms with van der Waals surface area (Å²) in [5, 5.41) is 1.80. The molecule has 2 aromatic heterocycles. The lowest BCUT2D eigenvalue weighted by molar-refractivity contribution is 0.0297. The highest BCUT2D eigenvalue weighted by Crippen LogP contribution is 2.14. The molecule has 8 heteroatoms. The van der Waals surface area contributed by atoms with Crippen LogP contribution in [0.5, 0.6) is 0 Å². The number of nitrogens with zero attached hydrogens (tertiary/aromatic N) is 4. The van der Waals surface area contributed by atoms with E-state index < -0.39 is 0 Å². The SMILES string of the molecule is O=C(c1cnc2sccn2c1=O)N1CCCO[C@H](CN2CCCC2)C1. The number of fused-ring (bicyclic) bond motifs is 1. The lowest BCUT2D eigenvalue weighted by atomic mass is 10.2. The molecule has 1 amide bonds. The van der Waals surface area contributed by atoms with Crippen LogP contribution in [0.1, 0.15) is 29.6 Å². The molecule has 0 saturated carbocycles. The molecule has 0 bridgehead atoms. The second-order valence-electron chi connectivity index (χ2n) is 6.64. The monoisotopic (exact) mass is 362 g/mol. The third-order valence-corrected chi connectivity index (χ3v) is 5.64. The summed E-state index contributed by atoms with van der Waals surface area (Å²) in [5.41, 5.74) is -0.157. The number of likely N-dealkylation sites (tertiary alicyclic amines) is 1. The summed E-state index contributed by atoms with van der Waals surface area (Å²) in [6.45, 7) is 4.86.